The molecule has 216 valence electrons. The van der Waals surface area contributed by atoms with Crippen LogP contribution in [0.25, 0.3) is 0 Å². The lowest BCUT2D eigenvalue weighted by atomic mass is 9.73. The van der Waals surface area contributed by atoms with E-state index in [4.69, 9.17) is 9.47 Å². The number of amides is 3. The molecule has 1 N–H and O–H groups in total. The maximum atomic E-state index is 14.6. The molecule has 1 spiro atoms. The fraction of sp³-hybridized carbons (Fsp3) is 0.581. The molecule has 0 aromatic heterocycles. The standard InChI is InChI=1S/C31H41N3O6/c1-6-16-32-17-8-14-30(7-2)24(27(32)36)25-28(37)34(23(19-35)20(3)4)26-29(38)33(18-9-15-31(25,26)40-30)21-10-12-22(39-5)13-11-21/h8-15,20,23-26,35H,6-7,16-19H2,1-5H3/t23-,24-,25-,26?,30+,31-/m0/s1. The lowest BCUT2D eigenvalue weighted by molar-refractivity contribution is -0.153. The summed E-state index contributed by atoms with van der Waals surface area (Å²) in [6.07, 6.45) is 8.91. The van der Waals surface area contributed by atoms with Crippen LogP contribution in [-0.4, -0.2) is 89.3 Å². The molecule has 4 heterocycles. The van der Waals surface area contributed by atoms with E-state index < -0.39 is 35.1 Å². The van der Waals surface area contributed by atoms with E-state index in [2.05, 4.69) is 0 Å². The highest BCUT2D eigenvalue weighted by Crippen LogP contribution is 2.59. The summed E-state index contributed by atoms with van der Waals surface area (Å²) in [5.41, 5.74) is -1.71. The van der Waals surface area contributed by atoms with E-state index in [1.54, 1.807) is 29.0 Å². The Balaban J connectivity index is 1.68. The number of carbonyl (C=O) groups is 3. The second kappa shape index (κ2) is 10.7. The van der Waals surface area contributed by atoms with Gasteiger partial charge in [0.2, 0.25) is 11.8 Å². The molecule has 0 radical (unpaired) electrons. The Kier molecular flexibility index (Phi) is 7.56. The summed E-state index contributed by atoms with van der Waals surface area (Å²) in [7, 11) is 1.59. The van der Waals surface area contributed by atoms with Crippen molar-refractivity contribution in [3.05, 3.63) is 48.6 Å². The summed E-state index contributed by atoms with van der Waals surface area (Å²) in [5.74, 6) is -1.86. The van der Waals surface area contributed by atoms with E-state index in [0.29, 0.717) is 30.9 Å². The largest absolute Gasteiger partial charge is 0.497 e. The number of aliphatic hydroxyl groups is 1. The summed E-state index contributed by atoms with van der Waals surface area (Å²) in [4.78, 5) is 48.4. The molecular formula is C31H41N3O6. The fourth-order valence-corrected chi connectivity index (χ4v) is 7.19. The van der Waals surface area contributed by atoms with Gasteiger partial charge in [-0.2, -0.15) is 0 Å². The molecule has 1 aromatic carbocycles. The molecule has 40 heavy (non-hydrogen) atoms. The highest BCUT2D eigenvalue weighted by Gasteiger charge is 2.76. The maximum absolute atomic E-state index is 14.6. The van der Waals surface area contributed by atoms with Crippen LogP contribution in [-0.2, 0) is 19.1 Å². The molecule has 0 bridgehead atoms. The van der Waals surface area contributed by atoms with Gasteiger partial charge in [-0.25, -0.2) is 0 Å². The van der Waals surface area contributed by atoms with Crippen molar-refractivity contribution in [2.24, 2.45) is 17.8 Å². The van der Waals surface area contributed by atoms with Crippen molar-refractivity contribution in [1.82, 2.24) is 9.80 Å². The Morgan fingerprint density at radius 2 is 1.70 bits per heavy atom. The zero-order chi connectivity index (χ0) is 28.8. The van der Waals surface area contributed by atoms with Crippen molar-refractivity contribution < 1.29 is 29.0 Å². The summed E-state index contributed by atoms with van der Waals surface area (Å²) in [5, 5.41) is 10.5. The molecule has 6 atom stereocenters. The quantitative estimate of drug-likeness (QED) is 0.499. The van der Waals surface area contributed by atoms with Crippen molar-refractivity contribution in [2.45, 2.75) is 63.8 Å². The number of hydrogen-bond acceptors (Lipinski definition) is 6. The lowest BCUT2D eigenvalue weighted by Crippen LogP contribution is -2.60. The van der Waals surface area contributed by atoms with Gasteiger partial charge in [-0.05, 0) is 43.0 Å². The zero-order valence-electron chi connectivity index (χ0n) is 24.1. The Hall–Kier alpha value is -3.17. The van der Waals surface area contributed by atoms with Gasteiger partial charge in [-0.3, -0.25) is 14.4 Å². The Morgan fingerprint density at radius 1 is 1.00 bits per heavy atom. The third-order valence-electron chi connectivity index (χ3n) is 9.15. The molecule has 1 unspecified atom stereocenters. The van der Waals surface area contributed by atoms with Gasteiger partial charge in [0, 0.05) is 25.3 Å². The first kappa shape index (κ1) is 28.4. The Labute approximate surface area is 236 Å². The molecule has 4 aliphatic heterocycles. The van der Waals surface area contributed by atoms with Crippen LogP contribution in [0.2, 0.25) is 0 Å². The predicted octanol–water partition coefficient (Wildman–Crippen LogP) is 2.78. The van der Waals surface area contributed by atoms with E-state index >= 15 is 0 Å². The summed E-state index contributed by atoms with van der Waals surface area (Å²) < 4.78 is 12.3. The van der Waals surface area contributed by atoms with E-state index in [9.17, 15) is 19.5 Å². The number of rotatable bonds is 8. The van der Waals surface area contributed by atoms with Gasteiger partial charge in [-0.15, -0.1) is 0 Å². The SMILES string of the molecule is CCCN1CC=C[C@@]2(CC)O[C@]34C=CCN(c5ccc(OC)cc5)C(=O)C3N([C@@H](CO)C(C)C)C(=O)[C@@H]4[C@H]2C1=O. The lowest BCUT2D eigenvalue weighted by Gasteiger charge is -2.41. The number of carbonyl (C=O) groups excluding carboxylic acids is 3. The first-order valence-corrected chi connectivity index (χ1v) is 14.4. The Morgan fingerprint density at radius 3 is 2.30 bits per heavy atom. The average molecular weight is 552 g/mol. The molecule has 9 heteroatoms. The van der Waals surface area contributed by atoms with E-state index in [-0.39, 0.29) is 36.8 Å². The summed E-state index contributed by atoms with van der Waals surface area (Å²) in [6, 6.07) is 5.56. The number of anilines is 1. The first-order chi connectivity index (χ1) is 19.2. The van der Waals surface area contributed by atoms with E-state index in [1.807, 2.05) is 64.1 Å². The number of fused-ring (bicyclic) bond motifs is 2. The van der Waals surface area contributed by atoms with Crippen LogP contribution in [0.3, 0.4) is 0 Å². The van der Waals surface area contributed by atoms with Crippen molar-refractivity contribution in [2.75, 3.05) is 38.3 Å². The van der Waals surface area contributed by atoms with Gasteiger partial charge in [-0.1, -0.05) is 52.0 Å². The van der Waals surface area contributed by atoms with Crippen LogP contribution in [0, 0.1) is 17.8 Å². The first-order valence-electron chi connectivity index (χ1n) is 14.4. The van der Waals surface area contributed by atoms with Crippen LogP contribution in [0.15, 0.2) is 48.6 Å². The van der Waals surface area contributed by atoms with Gasteiger partial charge in [0.05, 0.1) is 37.2 Å². The monoisotopic (exact) mass is 551 g/mol. The van der Waals surface area contributed by atoms with Gasteiger partial charge in [0.15, 0.2) is 0 Å². The topological polar surface area (TPSA) is 99.6 Å². The van der Waals surface area contributed by atoms with E-state index in [1.165, 1.54) is 4.90 Å². The number of likely N-dealkylation sites (tertiary alicyclic amines) is 1. The van der Waals surface area contributed by atoms with Crippen LogP contribution in [0.4, 0.5) is 5.69 Å². The van der Waals surface area contributed by atoms with Gasteiger partial charge in [0.25, 0.3) is 5.91 Å². The third kappa shape index (κ3) is 4.08. The second-order valence-corrected chi connectivity index (χ2v) is 11.6. The van der Waals surface area contributed by atoms with Crippen molar-refractivity contribution in [1.29, 1.82) is 0 Å². The minimum atomic E-state index is -1.35. The van der Waals surface area contributed by atoms with Gasteiger partial charge >= 0.3 is 0 Å². The smallest absolute Gasteiger partial charge is 0.253 e. The number of aliphatic hydroxyl groups excluding tert-OH is 1. The molecule has 9 nitrogen and oxygen atoms in total. The normalized spacial score (nSPS) is 32.2. The highest BCUT2D eigenvalue weighted by molar-refractivity contribution is 6.06. The maximum Gasteiger partial charge on any atom is 0.253 e. The number of hydrogen-bond donors (Lipinski definition) is 1. The molecule has 3 amide bonds. The summed E-state index contributed by atoms with van der Waals surface area (Å²) >= 11 is 0. The van der Waals surface area contributed by atoms with Gasteiger partial charge in [0.1, 0.15) is 17.4 Å². The second-order valence-electron chi connectivity index (χ2n) is 11.6. The fourth-order valence-electron chi connectivity index (χ4n) is 7.19. The predicted molar refractivity (Wildman–Crippen MR) is 151 cm³/mol. The molecule has 0 saturated carbocycles. The zero-order valence-corrected chi connectivity index (χ0v) is 24.1. The molecule has 4 aliphatic rings. The number of nitrogens with zero attached hydrogens (tertiary/aromatic N) is 3. The molecule has 0 aliphatic carbocycles. The van der Waals surface area contributed by atoms with Crippen LogP contribution in [0.5, 0.6) is 5.75 Å². The van der Waals surface area contributed by atoms with Crippen molar-refractivity contribution >= 4 is 23.4 Å². The molecule has 1 aromatic rings. The number of methoxy groups -OCH3 is 1. The van der Waals surface area contributed by atoms with Crippen LogP contribution >= 0.6 is 0 Å². The molecular weight excluding hydrogens is 510 g/mol. The molecule has 5 rings (SSSR count). The minimum absolute atomic E-state index is 0.119. The average Bonchev–Trinajstić information content (AvgIpc) is 3.24. The molecule has 2 saturated heterocycles. The number of ether oxygens (including phenoxy) is 2. The van der Waals surface area contributed by atoms with Gasteiger partial charge < -0.3 is 29.3 Å². The van der Waals surface area contributed by atoms with Crippen molar-refractivity contribution in [3.63, 3.8) is 0 Å². The number of benzene rings is 1. The minimum Gasteiger partial charge on any atom is -0.497 e. The van der Waals surface area contributed by atoms with Crippen LogP contribution < -0.4 is 9.64 Å². The Bertz CT molecular complexity index is 1210. The van der Waals surface area contributed by atoms with Crippen molar-refractivity contribution in [3.8, 4) is 5.75 Å². The summed E-state index contributed by atoms with van der Waals surface area (Å²) in [6.45, 7) is 8.84. The van der Waals surface area contributed by atoms with Crippen LogP contribution in [0.1, 0.15) is 40.5 Å². The molecule has 2 fully saturated rings. The van der Waals surface area contributed by atoms with E-state index in [0.717, 1.165) is 6.42 Å². The third-order valence-corrected chi connectivity index (χ3v) is 9.15. The highest BCUT2D eigenvalue weighted by atomic mass is 16.5.